The van der Waals surface area contributed by atoms with Crippen molar-refractivity contribution in [2.75, 3.05) is 7.11 Å². The fourth-order valence-corrected chi connectivity index (χ4v) is 2.80. The Kier molecular flexibility index (Phi) is 5.04. The maximum absolute atomic E-state index is 13.5. The Balaban J connectivity index is 2.44. The summed E-state index contributed by atoms with van der Waals surface area (Å²) >= 11 is 0. The Morgan fingerprint density at radius 2 is 1.87 bits per heavy atom. The predicted molar refractivity (Wildman–Crippen MR) is 88.3 cm³/mol. The summed E-state index contributed by atoms with van der Waals surface area (Å²) in [4.78, 5) is 11.6. The van der Waals surface area contributed by atoms with Gasteiger partial charge in [0.15, 0.2) is 0 Å². The highest BCUT2D eigenvalue weighted by molar-refractivity contribution is 5.81. The minimum Gasteiger partial charge on any atom is -0.496 e. The summed E-state index contributed by atoms with van der Waals surface area (Å²) in [6.07, 6.45) is 1.34. The normalized spacial score (nSPS) is 13.4. The molecule has 0 saturated carbocycles. The van der Waals surface area contributed by atoms with Crippen molar-refractivity contribution in [3.63, 3.8) is 0 Å². The maximum atomic E-state index is 13.5. The van der Waals surface area contributed by atoms with Crippen LogP contribution in [0.3, 0.4) is 0 Å². The summed E-state index contributed by atoms with van der Waals surface area (Å²) in [6.45, 7) is 3.70. The second-order valence-corrected chi connectivity index (χ2v) is 5.81. The van der Waals surface area contributed by atoms with Gasteiger partial charge in [-0.25, -0.2) is 4.39 Å². The number of rotatable bonds is 6. The van der Waals surface area contributed by atoms with Crippen LogP contribution in [-0.2, 0) is 10.2 Å². The van der Waals surface area contributed by atoms with Crippen LogP contribution in [0.5, 0.6) is 5.75 Å². The minimum atomic E-state index is -0.917. The molecule has 0 aliphatic heterocycles. The van der Waals surface area contributed by atoms with E-state index in [1.165, 1.54) is 19.2 Å². The van der Waals surface area contributed by atoms with Crippen molar-refractivity contribution in [3.8, 4) is 16.9 Å². The lowest BCUT2D eigenvalue weighted by molar-refractivity contribution is -0.143. The molecule has 2 aromatic carbocycles. The van der Waals surface area contributed by atoms with E-state index in [2.05, 4.69) is 0 Å². The van der Waals surface area contributed by atoms with E-state index in [1.807, 2.05) is 19.1 Å². The van der Waals surface area contributed by atoms with Gasteiger partial charge in [-0.3, -0.25) is 4.79 Å². The summed E-state index contributed by atoms with van der Waals surface area (Å²) in [5.74, 6) is -0.602. The summed E-state index contributed by atoms with van der Waals surface area (Å²) in [6, 6.07) is 11.5. The van der Waals surface area contributed by atoms with Crippen LogP contribution in [0.2, 0.25) is 0 Å². The van der Waals surface area contributed by atoms with Crippen LogP contribution in [0, 0.1) is 5.82 Å². The number of carboxylic acid groups (broad SMARTS) is 1. The van der Waals surface area contributed by atoms with Crippen molar-refractivity contribution < 1.29 is 19.0 Å². The topological polar surface area (TPSA) is 46.5 Å². The molecule has 0 aliphatic rings. The number of ether oxygens (including phenoxy) is 1. The summed E-state index contributed by atoms with van der Waals surface area (Å²) < 4.78 is 18.8. The standard InChI is InChI=1S/C19H21FO3/c1-4-11-19(2,18(21)22)14-7-5-13(6-8-14)16-12-15(20)9-10-17(16)23-3/h5-10,12H,4,11H2,1-3H3,(H,21,22). The van der Waals surface area contributed by atoms with Crippen LogP contribution in [0.4, 0.5) is 4.39 Å². The van der Waals surface area contributed by atoms with Gasteiger partial charge in [-0.2, -0.15) is 0 Å². The molecule has 1 unspecified atom stereocenters. The first-order valence-corrected chi connectivity index (χ1v) is 7.60. The van der Waals surface area contributed by atoms with E-state index in [0.717, 1.165) is 17.5 Å². The number of hydrogen-bond donors (Lipinski definition) is 1. The SMILES string of the molecule is CCCC(C)(C(=O)O)c1ccc(-c2cc(F)ccc2OC)cc1. The molecule has 0 radical (unpaired) electrons. The monoisotopic (exact) mass is 316 g/mol. The van der Waals surface area contributed by atoms with Crippen LogP contribution in [0.1, 0.15) is 32.3 Å². The first kappa shape index (κ1) is 17.0. The third kappa shape index (κ3) is 3.36. The third-order valence-corrected chi connectivity index (χ3v) is 4.22. The fraction of sp³-hybridized carbons (Fsp3) is 0.316. The Labute approximate surface area is 135 Å². The molecule has 2 aromatic rings. The lowest BCUT2D eigenvalue weighted by Crippen LogP contribution is -2.32. The van der Waals surface area contributed by atoms with Crippen molar-refractivity contribution in [2.45, 2.75) is 32.1 Å². The molecule has 0 fully saturated rings. The number of halogens is 1. The zero-order valence-corrected chi connectivity index (χ0v) is 13.6. The zero-order valence-electron chi connectivity index (χ0n) is 13.6. The van der Waals surface area contributed by atoms with Gasteiger partial charge in [0, 0.05) is 5.56 Å². The van der Waals surface area contributed by atoms with Crippen LogP contribution in [0.15, 0.2) is 42.5 Å². The van der Waals surface area contributed by atoms with E-state index in [0.29, 0.717) is 17.7 Å². The highest BCUT2D eigenvalue weighted by Gasteiger charge is 2.34. The molecule has 0 aliphatic carbocycles. The van der Waals surface area contributed by atoms with Gasteiger partial charge in [0.05, 0.1) is 12.5 Å². The minimum absolute atomic E-state index is 0.341. The molecular formula is C19H21FO3. The molecule has 23 heavy (non-hydrogen) atoms. The first-order chi connectivity index (χ1) is 10.9. The van der Waals surface area contributed by atoms with Gasteiger partial charge >= 0.3 is 5.97 Å². The number of carbonyl (C=O) groups is 1. The molecule has 1 N–H and O–H groups in total. The summed E-state index contributed by atoms with van der Waals surface area (Å²) in [5, 5.41) is 9.55. The van der Waals surface area contributed by atoms with Gasteiger partial charge in [-0.05, 0) is 42.7 Å². The molecule has 0 heterocycles. The van der Waals surface area contributed by atoms with Crippen molar-refractivity contribution >= 4 is 5.97 Å². The molecule has 4 heteroatoms. The Hall–Kier alpha value is -2.36. The quantitative estimate of drug-likeness (QED) is 0.844. The molecular weight excluding hydrogens is 295 g/mol. The van der Waals surface area contributed by atoms with Crippen LogP contribution >= 0.6 is 0 Å². The zero-order chi connectivity index (χ0) is 17.0. The van der Waals surface area contributed by atoms with Crippen LogP contribution < -0.4 is 4.74 Å². The van der Waals surface area contributed by atoms with Crippen LogP contribution in [-0.4, -0.2) is 18.2 Å². The molecule has 2 rings (SSSR count). The van der Waals surface area contributed by atoms with Crippen LogP contribution in [0.25, 0.3) is 11.1 Å². The molecule has 122 valence electrons. The molecule has 0 aromatic heterocycles. The van der Waals surface area contributed by atoms with Gasteiger partial charge in [-0.15, -0.1) is 0 Å². The Morgan fingerprint density at radius 3 is 2.39 bits per heavy atom. The Morgan fingerprint density at radius 1 is 1.22 bits per heavy atom. The van der Waals surface area contributed by atoms with Crippen molar-refractivity contribution in [2.24, 2.45) is 0 Å². The third-order valence-electron chi connectivity index (χ3n) is 4.22. The highest BCUT2D eigenvalue weighted by Crippen LogP contribution is 2.34. The van der Waals surface area contributed by atoms with E-state index < -0.39 is 11.4 Å². The van der Waals surface area contributed by atoms with Gasteiger partial charge in [0.25, 0.3) is 0 Å². The Bertz CT molecular complexity index is 694. The van der Waals surface area contributed by atoms with Crippen molar-refractivity contribution in [3.05, 3.63) is 53.8 Å². The van der Waals surface area contributed by atoms with Gasteiger partial charge in [0.1, 0.15) is 11.6 Å². The lowest BCUT2D eigenvalue weighted by Gasteiger charge is -2.25. The van der Waals surface area contributed by atoms with E-state index in [-0.39, 0.29) is 5.82 Å². The smallest absolute Gasteiger partial charge is 0.313 e. The maximum Gasteiger partial charge on any atom is 0.313 e. The van der Waals surface area contributed by atoms with Crippen molar-refractivity contribution in [1.29, 1.82) is 0 Å². The molecule has 0 bridgehead atoms. The van der Waals surface area contributed by atoms with Gasteiger partial charge < -0.3 is 9.84 Å². The fourth-order valence-electron chi connectivity index (χ4n) is 2.80. The largest absolute Gasteiger partial charge is 0.496 e. The van der Waals surface area contributed by atoms with E-state index in [1.54, 1.807) is 25.1 Å². The summed E-state index contributed by atoms with van der Waals surface area (Å²) in [7, 11) is 1.54. The van der Waals surface area contributed by atoms with E-state index >= 15 is 0 Å². The summed E-state index contributed by atoms with van der Waals surface area (Å²) in [5.41, 5.74) is 1.26. The second kappa shape index (κ2) is 6.82. The number of carboxylic acids is 1. The number of hydrogen-bond acceptors (Lipinski definition) is 2. The van der Waals surface area contributed by atoms with E-state index in [9.17, 15) is 14.3 Å². The first-order valence-electron chi connectivity index (χ1n) is 7.60. The molecule has 0 saturated heterocycles. The van der Waals surface area contributed by atoms with Gasteiger partial charge in [0.2, 0.25) is 0 Å². The highest BCUT2D eigenvalue weighted by atomic mass is 19.1. The second-order valence-electron chi connectivity index (χ2n) is 5.81. The van der Waals surface area contributed by atoms with Gasteiger partial charge in [-0.1, -0.05) is 37.6 Å². The average molecular weight is 316 g/mol. The predicted octanol–water partition coefficient (Wildman–Crippen LogP) is 4.64. The number of aliphatic carboxylic acids is 1. The molecule has 0 spiro atoms. The number of benzene rings is 2. The molecule has 0 amide bonds. The van der Waals surface area contributed by atoms with E-state index in [4.69, 9.17) is 4.74 Å². The van der Waals surface area contributed by atoms with Crippen molar-refractivity contribution in [1.82, 2.24) is 0 Å². The lowest BCUT2D eigenvalue weighted by atomic mass is 9.78. The molecule has 1 atom stereocenters. The number of methoxy groups -OCH3 is 1. The molecule has 3 nitrogen and oxygen atoms in total. The average Bonchev–Trinajstić information content (AvgIpc) is 2.55.